The lowest BCUT2D eigenvalue weighted by Crippen LogP contribution is -1.77. The van der Waals surface area contributed by atoms with E-state index < -0.39 is 0 Å². The summed E-state index contributed by atoms with van der Waals surface area (Å²) in [5.74, 6) is 0.458. The maximum absolute atomic E-state index is 10.5. The molecule has 0 unspecified atom stereocenters. The van der Waals surface area contributed by atoms with E-state index in [1.807, 2.05) is 19.2 Å². The fourth-order valence-electron chi connectivity index (χ4n) is 1.36. The van der Waals surface area contributed by atoms with E-state index in [0.29, 0.717) is 5.76 Å². The molecule has 0 radical (unpaired) electrons. The Bertz CT molecular complexity index is 436. The van der Waals surface area contributed by atoms with E-state index in [1.54, 1.807) is 0 Å². The van der Waals surface area contributed by atoms with Crippen LogP contribution in [0.15, 0.2) is 9.80 Å². The Kier molecular flexibility index (Phi) is 1.54. The van der Waals surface area contributed by atoms with Crippen LogP contribution in [-0.2, 0) is 0 Å². The second-order valence-electron chi connectivity index (χ2n) is 2.79. The van der Waals surface area contributed by atoms with Crippen LogP contribution in [0.3, 0.4) is 0 Å². The standard InChI is InChI=1S/C9H8O2S/c1-5-4-12-9-8(5)6(2)7(3-10)11-9/h3-4H,1-2H3. The van der Waals surface area contributed by atoms with Crippen molar-refractivity contribution in [1.29, 1.82) is 0 Å². The molecular formula is C9H8O2S. The first-order valence-electron chi connectivity index (χ1n) is 3.66. The number of carbonyl (C=O) groups excluding carboxylic acids is 1. The summed E-state index contributed by atoms with van der Waals surface area (Å²) < 4.78 is 5.32. The second kappa shape index (κ2) is 2.45. The molecule has 2 rings (SSSR count). The smallest absolute Gasteiger partial charge is 0.189 e. The van der Waals surface area contributed by atoms with Crippen LogP contribution in [0, 0.1) is 13.8 Å². The van der Waals surface area contributed by atoms with Gasteiger partial charge in [-0.05, 0) is 24.8 Å². The first-order chi connectivity index (χ1) is 5.74. The van der Waals surface area contributed by atoms with Crippen LogP contribution in [0.5, 0.6) is 0 Å². The minimum absolute atomic E-state index is 0.458. The summed E-state index contributed by atoms with van der Waals surface area (Å²) >= 11 is 1.54. The van der Waals surface area contributed by atoms with Crippen LogP contribution in [0.25, 0.3) is 10.3 Å². The van der Waals surface area contributed by atoms with E-state index >= 15 is 0 Å². The van der Waals surface area contributed by atoms with Gasteiger partial charge in [-0.2, -0.15) is 0 Å². The molecule has 3 heteroatoms. The van der Waals surface area contributed by atoms with Crippen LogP contribution < -0.4 is 0 Å². The summed E-state index contributed by atoms with van der Waals surface area (Å²) in [6.07, 6.45) is 0.765. The summed E-state index contributed by atoms with van der Waals surface area (Å²) in [7, 11) is 0. The van der Waals surface area contributed by atoms with Crippen molar-refractivity contribution in [3.8, 4) is 0 Å². The predicted octanol–water partition coefficient (Wildman–Crippen LogP) is 2.92. The third-order valence-electron chi connectivity index (χ3n) is 2.00. The van der Waals surface area contributed by atoms with Gasteiger partial charge in [-0.15, -0.1) is 11.3 Å². The number of carbonyl (C=O) groups is 1. The summed E-state index contributed by atoms with van der Waals surface area (Å²) in [4.78, 5) is 11.4. The lowest BCUT2D eigenvalue weighted by Gasteiger charge is -1.85. The molecule has 62 valence electrons. The van der Waals surface area contributed by atoms with Gasteiger partial charge in [-0.1, -0.05) is 0 Å². The van der Waals surface area contributed by atoms with Crippen molar-refractivity contribution in [2.45, 2.75) is 13.8 Å². The van der Waals surface area contributed by atoms with E-state index in [9.17, 15) is 4.79 Å². The van der Waals surface area contributed by atoms with E-state index in [1.165, 1.54) is 16.9 Å². The number of hydrogen-bond donors (Lipinski definition) is 0. The molecule has 2 aromatic rings. The maximum atomic E-state index is 10.5. The van der Waals surface area contributed by atoms with E-state index in [2.05, 4.69) is 0 Å². The fraction of sp³-hybridized carbons (Fsp3) is 0.222. The second-order valence-corrected chi connectivity index (χ2v) is 3.63. The highest BCUT2D eigenvalue weighted by Crippen LogP contribution is 2.31. The Balaban J connectivity index is 2.89. The average Bonchev–Trinajstić information content (AvgIpc) is 2.55. The monoisotopic (exact) mass is 180 g/mol. The van der Waals surface area contributed by atoms with Gasteiger partial charge in [0.2, 0.25) is 0 Å². The SMILES string of the molecule is Cc1csc2oc(C=O)c(C)c12. The molecule has 0 fully saturated rings. The highest BCUT2D eigenvalue weighted by Gasteiger charge is 2.12. The molecule has 2 heterocycles. The Morgan fingerprint density at radius 3 is 2.83 bits per heavy atom. The molecule has 0 saturated heterocycles. The topological polar surface area (TPSA) is 30.2 Å². The molecule has 0 saturated carbocycles. The zero-order valence-electron chi connectivity index (χ0n) is 6.88. The molecule has 2 nitrogen and oxygen atoms in total. The van der Waals surface area contributed by atoms with Crippen LogP contribution in [0.2, 0.25) is 0 Å². The van der Waals surface area contributed by atoms with Gasteiger partial charge in [0.25, 0.3) is 0 Å². The summed E-state index contributed by atoms with van der Waals surface area (Å²) in [5, 5.41) is 3.14. The van der Waals surface area contributed by atoms with Crippen molar-refractivity contribution in [2.75, 3.05) is 0 Å². The molecular weight excluding hydrogens is 172 g/mol. The lowest BCUT2D eigenvalue weighted by molar-refractivity contribution is 0.110. The van der Waals surface area contributed by atoms with Crippen molar-refractivity contribution >= 4 is 27.9 Å². The Morgan fingerprint density at radius 2 is 2.25 bits per heavy atom. The number of aryl methyl sites for hydroxylation is 2. The third kappa shape index (κ3) is 0.830. The number of fused-ring (bicyclic) bond motifs is 1. The van der Waals surface area contributed by atoms with Crippen molar-refractivity contribution in [2.24, 2.45) is 0 Å². The number of hydrogen-bond acceptors (Lipinski definition) is 3. The van der Waals surface area contributed by atoms with Crippen LogP contribution in [0.1, 0.15) is 21.7 Å². The maximum Gasteiger partial charge on any atom is 0.189 e. The molecule has 0 amide bonds. The van der Waals surface area contributed by atoms with Gasteiger partial charge in [-0.25, -0.2) is 0 Å². The number of rotatable bonds is 1. The number of aldehydes is 1. The summed E-state index contributed by atoms with van der Waals surface area (Å²) in [5.41, 5.74) is 2.14. The highest BCUT2D eigenvalue weighted by atomic mass is 32.1. The molecule has 0 aliphatic rings. The largest absolute Gasteiger partial charge is 0.442 e. The van der Waals surface area contributed by atoms with Gasteiger partial charge in [0, 0.05) is 10.9 Å². The van der Waals surface area contributed by atoms with Crippen LogP contribution in [-0.4, -0.2) is 6.29 Å². The van der Waals surface area contributed by atoms with Crippen molar-refractivity contribution in [3.63, 3.8) is 0 Å². The van der Waals surface area contributed by atoms with Gasteiger partial charge in [-0.3, -0.25) is 4.79 Å². The quantitative estimate of drug-likeness (QED) is 0.631. The van der Waals surface area contributed by atoms with Gasteiger partial charge >= 0.3 is 0 Å². The van der Waals surface area contributed by atoms with Gasteiger partial charge in [0.1, 0.15) is 0 Å². The van der Waals surface area contributed by atoms with E-state index in [4.69, 9.17) is 4.42 Å². The molecule has 0 aliphatic carbocycles. The molecule has 0 aromatic carbocycles. The summed E-state index contributed by atoms with van der Waals surface area (Å²) in [6, 6.07) is 0. The lowest BCUT2D eigenvalue weighted by atomic mass is 10.1. The normalized spacial score (nSPS) is 10.8. The van der Waals surface area contributed by atoms with Gasteiger partial charge in [0.15, 0.2) is 16.9 Å². The molecule has 12 heavy (non-hydrogen) atoms. The Hall–Kier alpha value is -1.09. The minimum Gasteiger partial charge on any atom is -0.442 e. The first kappa shape index (κ1) is 7.55. The average molecular weight is 180 g/mol. The molecule has 0 bridgehead atoms. The molecule has 2 aromatic heterocycles. The Labute approximate surface area is 73.8 Å². The van der Waals surface area contributed by atoms with E-state index in [-0.39, 0.29) is 0 Å². The molecule has 0 aliphatic heterocycles. The zero-order chi connectivity index (χ0) is 8.72. The first-order valence-corrected chi connectivity index (χ1v) is 4.54. The van der Waals surface area contributed by atoms with Gasteiger partial charge in [0.05, 0.1) is 0 Å². The van der Waals surface area contributed by atoms with Gasteiger partial charge < -0.3 is 4.42 Å². The number of thiophene rings is 1. The molecule has 0 N–H and O–H groups in total. The molecule has 0 atom stereocenters. The van der Waals surface area contributed by atoms with Crippen molar-refractivity contribution < 1.29 is 9.21 Å². The fourth-order valence-corrected chi connectivity index (χ4v) is 2.33. The van der Waals surface area contributed by atoms with Crippen LogP contribution >= 0.6 is 11.3 Å². The predicted molar refractivity (Wildman–Crippen MR) is 49.0 cm³/mol. The highest BCUT2D eigenvalue weighted by molar-refractivity contribution is 7.16. The number of furan rings is 1. The summed E-state index contributed by atoms with van der Waals surface area (Å²) in [6.45, 7) is 3.94. The van der Waals surface area contributed by atoms with Crippen LogP contribution in [0.4, 0.5) is 0 Å². The zero-order valence-corrected chi connectivity index (χ0v) is 7.70. The third-order valence-corrected chi connectivity index (χ3v) is 2.97. The molecule has 0 spiro atoms. The Morgan fingerprint density at radius 1 is 1.50 bits per heavy atom. The van der Waals surface area contributed by atoms with Crippen molar-refractivity contribution in [3.05, 3.63) is 22.3 Å². The minimum atomic E-state index is 0.458. The van der Waals surface area contributed by atoms with Crippen molar-refractivity contribution in [1.82, 2.24) is 0 Å². The van der Waals surface area contributed by atoms with E-state index in [0.717, 1.165) is 22.1 Å².